The van der Waals surface area contributed by atoms with Crippen LogP contribution in [0.4, 0.5) is 19.0 Å². The van der Waals surface area contributed by atoms with Crippen molar-refractivity contribution in [2.45, 2.75) is 69.6 Å². The van der Waals surface area contributed by atoms with Crippen LogP contribution in [0.2, 0.25) is 0 Å². The Morgan fingerprint density at radius 2 is 2.00 bits per heavy atom. The van der Waals surface area contributed by atoms with Gasteiger partial charge < -0.3 is 10.6 Å². The molecule has 0 radical (unpaired) electrons. The Morgan fingerprint density at radius 1 is 1.26 bits per heavy atom. The molecule has 1 atom stereocenters. The maximum absolute atomic E-state index is 13.5. The number of anilines is 1. The summed E-state index contributed by atoms with van der Waals surface area (Å²) in [4.78, 5) is 37.8. The number of carbonyl (C=O) groups excluding carboxylic acids is 3. The number of hydrogen-bond donors (Lipinski definition) is 2. The van der Waals surface area contributed by atoms with Crippen LogP contribution in [0.5, 0.6) is 0 Å². The first-order chi connectivity index (χ1) is 18.2. The number of Topliss-reactive ketones (excluding diaryl/α,β-unsaturated/α-hetero) is 1. The van der Waals surface area contributed by atoms with Crippen LogP contribution in [-0.4, -0.2) is 54.0 Å². The average molecular weight is 567 g/mol. The molecule has 1 saturated carbocycles. The number of benzene rings is 1. The van der Waals surface area contributed by atoms with Gasteiger partial charge in [0.2, 0.25) is 5.91 Å². The fraction of sp³-hybridized carbons (Fsp3) is 0.538. The van der Waals surface area contributed by atoms with E-state index in [1.807, 2.05) is 0 Å². The summed E-state index contributed by atoms with van der Waals surface area (Å²) in [6, 6.07) is 5.10. The number of rotatable bonds is 9. The van der Waals surface area contributed by atoms with E-state index in [9.17, 15) is 36.0 Å². The highest BCUT2D eigenvalue weighted by molar-refractivity contribution is 7.91. The van der Waals surface area contributed by atoms with E-state index >= 15 is 0 Å². The minimum Gasteiger partial charge on any atom is -0.342 e. The number of aryl methyl sites for hydroxylation is 2. The van der Waals surface area contributed by atoms with Crippen molar-refractivity contribution in [3.63, 3.8) is 0 Å². The number of alkyl halides is 3. The van der Waals surface area contributed by atoms with Gasteiger partial charge in [0, 0.05) is 25.6 Å². The minimum atomic E-state index is -4.55. The van der Waals surface area contributed by atoms with Gasteiger partial charge in [0.05, 0.1) is 11.2 Å². The van der Waals surface area contributed by atoms with E-state index in [4.69, 9.17) is 0 Å². The van der Waals surface area contributed by atoms with Crippen LogP contribution in [0.1, 0.15) is 64.8 Å². The SMILES string of the molecule is CS(=O)(=O)CC(=O)Nc1c2c(nn1CCC1CC1)C[C@]1(CCc3cc(CC(=O)CC(F)(F)F)ccc31)NC2=O. The molecule has 9 nitrogen and oxygen atoms in total. The predicted molar refractivity (Wildman–Crippen MR) is 135 cm³/mol. The van der Waals surface area contributed by atoms with Crippen molar-refractivity contribution >= 4 is 33.3 Å². The molecule has 2 N–H and O–H groups in total. The molecule has 39 heavy (non-hydrogen) atoms. The maximum atomic E-state index is 13.5. The molecular weight excluding hydrogens is 537 g/mol. The number of carbonyl (C=O) groups is 3. The fourth-order valence-electron chi connectivity index (χ4n) is 5.63. The lowest BCUT2D eigenvalue weighted by Gasteiger charge is -2.35. The van der Waals surface area contributed by atoms with Gasteiger partial charge in [-0.3, -0.25) is 14.4 Å². The first-order valence-electron chi connectivity index (χ1n) is 12.8. The van der Waals surface area contributed by atoms with Crippen molar-refractivity contribution in [3.8, 4) is 0 Å². The second-order valence-corrected chi connectivity index (χ2v) is 13.1. The molecule has 5 rings (SSSR count). The number of hydrogen-bond acceptors (Lipinski definition) is 6. The number of nitrogens with one attached hydrogen (secondary N) is 2. The monoisotopic (exact) mass is 566 g/mol. The second kappa shape index (κ2) is 9.76. The van der Waals surface area contributed by atoms with Crippen LogP contribution in [0.15, 0.2) is 18.2 Å². The van der Waals surface area contributed by atoms with E-state index in [0.29, 0.717) is 43.0 Å². The number of aromatic nitrogens is 2. The Balaban J connectivity index is 1.41. The van der Waals surface area contributed by atoms with Gasteiger partial charge in [0.15, 0.2) is 9.84 Å². The number of amides is 2. The Kier molecular flexibility index (Phi) is 6.84. The summed E-state index contributed by atoms with van der Waals surface area (Å²) in [7, 11) is -3.58. The van der Waals surface area contributed by atoms with E-state index in [0.717, 1.165) is 36.6 Å². The van der Waals surface area contributed by atoms with Crippen LogP contribution in [0.25, 0.3) is 0 Å². The van der Waals surface area contributed by atoms with Gasteiger partial charge in [-0.2, -0.15) is 18.3 Å². The van der Waals surface area contributed by atoms with Crippen molar-refractivity contribution in [1.82, 2.24) is 15.1 Å². The first kappa shape index (κ1) is 27.4. The quantitative estimate of drug-likeness (QED) is 0.481. The number of fused-ring (bicyclic) bond motifs is 3. The molecule has 1 aromatic carbocycles. The zero-order valence-corrected chi connectivity index (χ0v) is 22.2. The van der Waals surface area contributed by atoms with Crippen LogP contribution in [0.3, 0.4) is 0 Å². The molecule has 1 fully saturated rings. The van der Waals surface area contributed by atoms with Crippen molar-refractivity contribution in [3.05, 3.63) is 46.1 Å². The zero-order chi connectivity index (χ0) is 28.2. The molecule has 2 aliphatic carbocycles. The highest BCUT2D eigenvalue weighted by Crippen LogP contribution is 2.44. The van der Waals surface area contributed by atoms with Gasteiger partial charge in [-0.25, -0.2) is 13.1 Å². The molecule has 2 amide bonds. The van der Waals surface area contributed by atoms with Gasteiger partial charge >= 0.3 is 6.18 Å². The van der Waals surface area contributed by atoms with Gasteiger partial charge in [-0.15, -0.1) is 0 Å². The summed E-state index contributed by atoms with van der Waals surface area (Å²) in [5.74, 6) is -2.08. The Morgan fingerprint density at radius 3 is 2.67 bits per heavy atom. The van der Waals surface area contributed by atoms with Gasteiger partial charge in [0.1, 0.15) is 29.3 Å². The summed E-state index contributed by atoms with van der Waals surface area (Å²) in [6.45, 7) is 0.471. The topological polar surface area (TPSA) is 127 Å². The largest absolute Gasteiger partial charge is 0.395 e. The molecule has 0 bridgehead atoms. The first-order valence-corrected chi connectivity index (χ1v) is 14.9. The summed E-state index contributed by atoms with van der Waals surface area (Å²) >= 11 is 0. The number of ketones is 1. The van der Waals surface area contributed by atoms with Crippen LogP contribution >= 0.6 is 0 Å². The summed E-state index contributed by atoms with van der Waals surface area (Å²) in [5.41, 5.74) is 2.08. The van der Waals surface area contributed by atoms with Crippen molar-refractivity contribution in [2.75, 3.05) is 17.3 Å². The number of halogens is 3. The molecular formula is C26H29F3N4O5S. The summed E-state index contributed by atoms with van der Waals surface area (Å²) in [6.07, 6.45) is -0.908. The Labute approximate surface area is 223 Å². The second-order valence-electron chi connectivity index (χ2n) is 11.0. The van der Waals surface area contributed by atoms with E-state index in [-0.39, 0.29) is 17.8 Å². The molecule has 0 saturated heterocycles. The van der Waals surface area contributed by atoms with Crippen molar-refractivity contribution < 1.29 is 36.0 Å². The van der Waals surface area contributed by atoms with Crippen LogP contribution < -0.4 is 10.6 Å². The highest BCUT2D eigenvalue weighted by atomic mass is 32.2. The maximum Gasteiger partial charge on any atom is 0.395 e. The molecule has 0 unspecified atom stereocenters. The fourth-order valence-corrected chi connectivity index (χ4v) is 6.18. The lowest BCUT2D eigenvalue weighted by Crippen LogP contribution is -2.50. The van der Waals surface area contributed by atoms with Gasteiger partial charge in [-0.1, -0.05) is 31.0 Å². The van der Waals surface area contributed by atoms with E-state index in [2.05, 4.69) is 15.7 Å². The normalized spacial score (nSPS) is 20.5. The van der Waals surface area contributed by atoms with Crippen LogP contribution in [0, 0.1) is 5.92 Å². The van der Waals surface area contributed by atoms with Gasteiger partial charge in [-0.05, 0) is 41.9 Å². The summed E-state index contributed by atoms with van der Waals surface area (Å²) < 4.78 is 62.5. The third kappa shape index (κ3) is 6.18. The lowest BCUT2D eigenvalue weighted by atomic mass is 9.82. The third-order valence-electron chi connectivity index (χ3n) is 7.48. The highest BCUT2D eigenvalue weighted by Gasteiger charge is 2.46. The molecule has 210 valence electrons. The van der Waals surface area contributed by atoms with Crippen LogP contribution in [-0.2, 0) is 50.8 Å². The predicted octanol–water partition coefficient (Wildman–Crippen LogP) is 2.86. The smallest absolute Gasteiger partial charge is 0.342 e. The molecule has 1 aliphatic heterocycles. The molecule has 1 spiro atoms. The van der Waals surface area contributed by atoms with E-state index in [1.54, 1.807) is 22.9 Å². The average Bonchev–Trinajstić information content (AvgIpc) is 3.47. The van der Waals surface area contributed by atoms with Crippen molar-refractivity contribution in [1.29, 1.82) is 0 Å². The standard InChI is InChI=1S/C26H29F3N4O5S/c1-39(37,38)14-21(35)30-23-22-20(32-33(23)9-7-15-2-3-15)13-25(31-24(22)36)8-6-17-10-16(4-5-19(17)25)11-18(34)12-26(27,28)29/h4-5,10,15H,2-3,6-9,11-14H2,1H3,(H,30,35)(H,31,36)/t25-/m0/s1. The lowest BCUT2D eigenvalue weighted by molar-refractivity contribution is -0.151. The molecule has 2 heterocycles. The number of nitrogens with zero attached hydrogens (tertiary/aromatic N) is 2. The summed E-state index contributed by atoms with van der Waals surface area (Å²) in [5, 5.41) is 10.3. The number of sulfone groups is 1. The molecule has 3 aliphatic rings. The zero-order valence-electron chi connectivity index (χ0n) is 21.4. The van der Waals surface area contributed by atoms with Crippen molar-refractivity contribution in [2.24, 2.45) is 5.92 Å². The Bertz CT molecular complexity index is 1460. The minimum absolute atomic E-state index is 0.184. The third-order valence-corrected chi connectivity index (χ3v) is 8.26. The Hall–Kier alpha value is -3.22. The molecule has 2 aromatic rings. The van der Waals surface area contributed by atoms with E-state index in [1.165, 1.54) is 0 Å². The molecule has 13 heteroatoms. The van der Waals surface area contributed by atoms with E-state index < -0.39 is 51.3 Å². The van der Waals surface area contributed by atoms with Gasteiger partial charge in [0.25, 0.3) is 5.91 Å². The molecule has 1 aromatic heterocycles.